The van der Waals surface area contributed by atoms with Crippen molar-refractivity contribution in [1.82, 2.24) is 15.4 Å². The first-order valence-electron chi connectivity index (χ1n) is 5.68. The Kier molecular flexibility index (Phi) is 4.97. The predicted octanol–water partition coefficient (Wildman–Crippen LogP) is -0.0855. The van der Waals surface area contributed by atoms with Gasteiger partial charge in [0, 0.05) is 19.3 Å². The van der Waals surface area contributed by atoms with Gasteiger partial charge in [-0.15, -0.1) is 0 Å². The van der Waals surface area contributed by atoms with Gasteiger partial charge in [0.2, 0.25) is 11.4 Å². The number of amides is 1. The summed E-state index contributed by atoms with van der Waals surface area (Å²) < 4.78 is 0. The van der Waals surface area contributed by atoms with Crippen LogP contribution in [0.25, 0.3) is 0 Å². The number of nitriles is 3. The largest absolute Gasteiger partial charge is 0.383 e. The molecule has 1 amide bonds. The summed E-state index contributed by atoms with van der Waals surface area (Å²) in [4.78, 5) is 14.8. The van der Waals surface area contributed by atoms with E-state index in [2.05, 4.69) is 10.4 Å². The van der Waals surface area contributed by atoms with Crippen LogP contribution in [0.15, 0.2) is 42.0 Å². The van der Waals surface area contributed by atoms with Crippen LogP contribution in [0, 0.1) is 34.0 Å². The maximum absolute atomic E-state index is 11.1. The lowest BCUT2D eigenvalue weighted by atomic mass is 9.96. The molecule has 0 unspecified atom stereocenters. The number of hydrogen-bond donors (Lipinski definition) is 2. The Morgan fingerprint density at radius 3 is 2.10 bits per heavy atom. The molecule has 0 saturated heterocycles. The van der Waals surface area contributed by atoms with Crippen molar-refractivity contribution < 1.29 is 4.79 Å². The Morgan fingerprint density at radius 2 is 1.86 bits per heavy atom. The highest BCUT2D eigenvalue weighted by Crippen LogP contribution is 2.25. The van der Waals surface area contributed by atoms with Crippen molar-refractivity contribution in [3.8, 4) is 18.2 Å². The zero-order valence-electron chi connectivity index (χ0n) is 11.1. The van der Waals surface area contributed by atoms with Gasteiger partial charge in [-0.25, -0.2) is 5.01 Å². The summed E-state index contributed by atoms with van der Waals surface area (Å²) in [5.41, 5.74) is 5.62. The average Bonchev–Trinajstić information content (AvgIpc) is 2.82. The first-order chi connectivity index (χ1) is 10.0. The van der Waals surface area contributed by atoms with Gasteiger partial charge in [0.25, 0.3) is 0 Å². The van der Waals surface area contributed by atoms with Crippen LogP contribution in [-0.4, -0.2) is 21.4 Å². The van der Waals surface area contributed by atoms with E-state index in [1.165, 1.54) is 6.92 Å². The molecule has 2 rings (SSSR count). The Bertz CT molecular complexity index is 634. The highest BCUT2D eigenvalue weighted by molar-refractivity contribution is 5.77. The molecule has 8 heteroatoms. The van der Waals surface area contributed by atoms with Crippen LogP contribution >= 0.6 is 0 Å². The quantitative estimate of drug-likeness (QED) is 0.676. The first kappa shape index (κ1) is 15.6. The van der Waals surface area contributed by atoms with Crippen molar-refractivity contribution in [3.05, 3.63) is 42.0 Å². The summed E-state index contributed by atoms with van der Waals surface area (Å²) in [6.45, 7) is 1.19. The Labute approximate surface area is 121 Å². The second-order valence-electron chi connectivity index (χ2n) is 3.84. The molecule has 104 valence electrons. The van der Waals surface area contributed by atoms with Crippen LogP contribution in [0.5, 0.6) is 0 Å². The van der Waals surface area contributed by atoms with Crippen LogP contribution in [0.4, 0.5) is 0 Å². The maximum Gasteiger partial charge on any atom is 0.249 e. The molecule has 1 aliphatic rings. The number of carbonyl (C=O) groups is 1. The Balaban J connectivity index is 0.000000304. The van der Waals surface area contributed by atoms with E-state index < -0.39 is 11.4 Å². The molecule has 0 saturated carbocycles. The molecule has 3 N–H and O–H groups in total. The van der Waals surface area contributed by atoms with E-state index in [0.717, 1.165) is 5.01 Å². The molecule has 0 atom stereocenters. The molecule has 0 fully saturated rings. The highest BCUT2D eigenvalue weighted by atomic mass is 16.2. The van der Waals surface area contributed by atoms with Crippen molar-refractivity contribution in [2.24, 2.45) is 5.73 Å². The molecule has 21 heavy (non-hydrogen) atoms. The molecule has 8 nitrogen and oxygen atoms in total. The normalized spacial score (nSPS) is 15.0. The molecule has 0 spiro atoms. The van der Waals surface area contributed by atoms with Crippen molar-refractivity contribution in [2.45, 2.75) is 12.5 Å². The summed E-state index contributed by atoms with van der Waals surface area (Å²) in [6, 6.07) is 10.6. The second-order valence-corrected chi connectivity index (χ2v) is 3.84. The smallest absolute Gasteiger partial charge is 0.249 e. The lowest BCUT2D eigenvalue weighted by Gasteiger charge is -2.17. The number of hydrazine groups is 1. The summed E-state index contributed by atoms with van der Waals surface area (Å²) in [6.07, 6.45) is 3.50. The molecular formula is C13H11N7O. The lowest BCUT2D eigenvalue weighted by molar-refractivity contribution is -0.129. The predicted molar refractivity (Wildman–Crippen MR) is 70.7 cm³/mol. The minimum Gasteiger partial charge on any atom is -0.383 e. The standard InChI is InChI=1S/C8H6N6O.C5H5N/c1-5(15)14-7(12)6(2-9)8(3-10,4-11)13-14;1-2-4-6-5-3-1/h13H,12H2,1H3;1-5H. The Hall–Kier alpha value is -3.41. The minimum absolute atomic E-state index is 0.215. The van der Waals surface area contributed by atoms with Gasteiger partial charge in [0.05, 0.1) is 0 Å². The first-order valence-corrected chi connectivity index (χ1v) is 5.68. The van der Waals surface area contributed by atoms with Crippen molar-refractivity contribution in [3.63, 3.8) is 0 Å². The van der Waals surface area contributed by atoms with Gasteiger partial charge < -0.3 is 5.73 Å². The zero-order chi connectivity index (χ0) is 15.9. The van der Waals surface area contributed by atoms with Gasteiger partial charge in [0.1, 0.15) is 29.6 Å². The van der Waals surface area contributed by atoms with Gasteiger partial charge in [-0.3, -0.25) is 9.78 Å². The third-order valence-electron chi connectivity index (χ3n) is 2.48. The van der Waals surface area contributed by atoms with E-state index in [4.69, 9.17) is 21.5 Å². The molecule has 0 aromatic carbocycles. The number of aromatic nitrogens is 1. The molecule has 1 aliphatic heterocycles. The van der Waals surface area contributed by atoms with Crippen LogP contribution in [0.1, 0.15) is 6.92 Å². The molecule has 0 aliphatic carbocycles. The third kappa shape index (κ3) is 3.13. The van der Waals surface area contributed by atoms with Crippen LogP contribution in [0.2, 0.25) is 0 Å². The summed E-state index contributed by atoms with van der Waals surface area (Å²) >= 11 is 0. The fourth-order valence-corrected chi connectivity index (χ4v) is 1.48. The number of nitrogens with two attached hydrogens (primary N) is 1. The fourth-order valence-electron chi connectivity index (χ4n) is 1.48. The Morgan fingerprint density at radius 1 is 1.29 bits per heavy atom. The monoisotopic (exact) mass is 281 g/mol. The van der Waals surface area contributed by atoms with Crippen LogP contribution in [-0.2, 0) is 4.79 Å². The van der Waals surface area contributed by atoms with Crippen molar-refractivity contribution in [2.75, 3.05) is 0 Å². The van der Waals surface area contributed by atoms with Crippen LogP contribution in [0.3, 0.4) is 0 Å². The third-order valence-corrected chi connectivity index (χ3v) is 2.48. The van der Waals surface area contributed by atoms with E-state index in [1.807, 2.05) is 18.2 Å². The second kappa shape index (κ2) is 6.67. The van der Waals surface area contributed by atoms with Gasteiger partial charge in [-0.1, -0.05) is 6.07 Å². The molecule has 0 radical (unpaired) electrons. The van der Waals surface area contributed by atoms with E-state index >= 15 is 0 Å². The van der Waals surface area contributed by atoms with E-state index in [-0.39, 0.29) is 11.4 Å². The van der Waals surface area contributed by atoms with E-state index in [1.54, 1.807) is 30.6 Å². The van der Waals surface area contributed by atoms with E-state index in [9.17, 15) is 4.79 Å². The summed E-state index contributed by atoms with van der Waals surface area (Å²) in [7, 11) is 0. The number of carbonyl (C=O) groups excluding carboxylic acids is 1. The molecule has 0 bridgehead atoms. The number of pyridine rings is 1. The van der Waals surface area contributed by atoms with Crippen molar-refractivity contribution in [1.29, 1.82) is 15.8 Å². The SMILES string of the molecule is CC(=O)N1NC(C#N)(C#N)C(C#N)=C1N.c1ccncc1. The van der Waals surface area contributed by atoms with E-state index in [0.29, 0.717) is 0 Å². The fraction of sp³-hybridized carbons (Fsp3) is 0.154. The highest BCUT2D eigenvalue weighted by Gasteiger charge is 2.47. The topological polar surface area (TPSA) is 143 Å². The summed E-state index contributed by atoms with van der Waals surface area (Å²) in [5.74, 6) is -0.722. The van der Waals surface area contributed by atoms with Gasteiger partial charge in [-0.05, 0) is 12.1 Å². The molecule has 2 heterocycles. The van der Waals surface area contributed by atoms with Gasteiger partial charge in [-0.2, -0.15) is 21.2 Å². The number of rotatable bonds is 0. The van der Waals surface area contributed by atoms with Gasteiger partial charge >= 0.3 is 0 Å². The maximum atomic E-state index is 11.1. The molecule has 1 aromatic rings. The zero-order valence-corrected chi connectivity index (χ0v) is 11.1. The average molecular weight is 281 g/mol. The van der Waals surface area contributed by atoms with Gasteiger partial charge in [0.15, 0.2) is 0 Å². The van der Waals surface area contributed by atoms with Crippen molar-refractivity contribution >= 4 is 5.91 Å². The molecule has 1 aromatic heterocycles. The molecular weight excluding hydrogens is 270 g/mol. The lowest BCUT2D eigenvalue weighted by Crippen LogP contribution is -2.48. The minimum atomic E-state index is -1.87. The van der Waals surface area contributed by atoms with Crippen LogP contribution < -0.4 is 11.2 Å². The number of nitrogens with one attached hydrogen (secondary N) is 1. The number of hydrogen-bond acceptors (Lipinski definition) is 7. The summed E-state index contributed by atoms with van der Waals surface area (Å²) in [5, 5.41) is 27.2. The number of nitrogens with zero attached hydrogens (tertiary/aromatic N) is 5.